The number of hydrogen-bond donors (Lipinski definition) is 1. The number of carbonyl (C=O) groups excluding carboxylic acids is 1. The van der Waals surface area contributed by atoms with Crippen LogP contribution >= 0.6 is 11.6 Å². The van der Waals surface area contributed by atoms with Crippen LogP contribution in [0.15, 0.2) is 65.9 Å². The van der Waals surface area contributed by atoms with Gasteiger partial charge in [0, 0.05) is 22.3 Å². The molecule has 7 nitrogen and oxygen atoms in total. The second-order valence-corrected chi connectivity index (χ2v) is 8.64. The highest BCUT2D eigenvalue weighted by Crippen LogP contribution is 2.36. The minimum atomic E-state index is -4.96. The number of carbonyl (C=O) groups is 1. The fourth-order valence-corrected chi connectivity index (χ4v) is 3.94. The minimum absolute atomic E-state index is 0.0428. The summed E-state index contributed by atoms with van der Waals surface area (Å²) < 4.78 is 79.9. The van der Waals surface area contributed by atoms with E-state index < -0.39 is 36.7 Å². The number of benzene rings is 2. The summed E-state index contributed by atoms with van der Waals surface area (Å²) in [5.74, 6) is -0.276. The number of β-amino-alcohol motifs (C(OH)–C–C–N with tert-alkyl or cyclic N) is 1. The highest BCUT2D eigenvalue weighted by Gasteiger charge is 2.44. The Bertz CT molecular complexity index is 1330. The molecule has 0 saturated carbocycles. The normalized spacial score (nSPS) is 16.9. The molecule has 2 atom stereocenters. The van der Waals surface area contributed by atoms with Crippen LogP contribution in [0.3, 0.4) is 0 Å². The van der Waals surface area contributed by atoms with Gasteiger partial charge in [-0.1, -0.05) is 29.8 Å². The second-order valence-electron chi connectivity index (χ2n) is 8.20. The predicted octanol–water partition coefficient (Wildman–Crippen LogP) is 4.74. The quantitative estimate of drug-likeness (QED) is 0.334. The Morgan fingerprint density at radius 3 is 2.34 bits per heavy atom. The number of aldehydes is 1. The molecule has 0 radical (unpaired) electrons. The standard InChI is InChI=1S/C24H18ClF6N5O2/c25-15-7-5-14(6-8-15)22-34-36(20(13-37)35(22)12-19(38)24(29,30)31)11-16-9-10-32-21(33-16)17-3-1-2-4-18(17)23(26,27)28/h1-10,13,19-20,38H,11-12H2/t19-,20?/m0/s1. The molecule has 1 unspecified atom stereocenters. The molecule has 2 aromatic carbocycles. The molecular weight excluding hydrogens is 540 g/mol. The molecular formula is C24H18ClF6N5O2. The molecule has 38 heavy (non-hydrogen) atoms. The topological polar surface area (TPSA) is 81.9 Å². The zero-order valence-corrected chi connectivity index (χ0v) is 19.9. The van der Waals surface area contributed by atoms with Crippen LogP contribution in [-0.4, -0.2) is 62.1 Å². The van der Waals surface area contributed by atoms with Gasteiger partial charge in [0.15, 0.2) is 30.2 Å². The summed E-state index contributed by atoms with van der Waals surface area (Å²) in [6.07, 6.45) is -12.2. The number of aromatic nitrogens is 2. The largest absolute Gasteiger partial charge is 0.417 e. The van der Waals surface area contributed by atoms with E-state index in [1.54, 1.807) is 0 Å². The Hall–Kier alpha value is -3.71. The van der Waals surface area contributed by atoms with Gasteiger partial charge in [0.25, 0.3) is 0 Å². The van der Waals surface area contributed by atoms with Crippen molar-refractivity contribution >= 4 is 23.7 Å². The average molecular weight is 558 g/mol. The Labute approximate surface area is 217 Å². The molecule has 4 rings (SSSR count). The van der Waals surface area contributed by atoms with Gasteiger partial charge in [-0.25, -0.2) is 9.97 Å². The van der Waals surface area contributed by atoms with E-state index in [0.717, 1.165) is 16.0 Å². The van der Waals surface area contributed by atoms with Crippen molar-refractivity contribution in [2.75, 3.05) is 6.54 Å². The van der Waals surface area contributed by atoms with Gasteiger partial charge in [0.2, 0.25) is 0 Å². The molecule has 1 N–H and O–H groups in total. The Balaban J connectivity index is 1.69. The van der Waals surface area contributed by atoms with E-state index in [1.807, 2.05) is 0 Å². The molecule has 0 bridgehead atoms. The van der Waals surface area contributed by atoms with E-state index in [0.29, 0.717) is 16.9 Å². The highest BCUT2D eigenvalue weighted by molar-refractivity contribution is 6.30. The third-order valence-electron chi connectivity index (χ3n) is 5.60. The Morgan fingerprint density at radius 1 is 1.03 bits per heavy atom. The van der Waals surface area contributed by atoms with Crippen molar-refractivity contribution in [1.82, 2.24) is 19.9 Å². The van der Waals surface area contributed by atoms with Crippen LogP contribution in [0.25, 0.3) is 11.4 Å². The summed E-state index contributed by atoms with van der Waals surface area (Å²) in [7, 11) is 0. The summed E-state index contributed by atoms with van der Waals surface area (Å²) >= 11 is 5.90. The van der Waals surface area contributed by atoms with Crippen LogP contribution in [0.1, 0.15) is 16.8 Å². The molecule has 0 aliphatic carbocycles. The zero-order valence-electron chi connectivity index (χ0n) is 19.2. The number of rotatable bonds is 7. The van der Waals surface area contributed by atoms with Gasteiger partial charge in [-0.2, -0.15) is 31.4 Å². The first-order chi connectivity index (χ1) is 17.9. The van der Waals surface area contributed by atoms with E-state index in [-0.39, 0.29) is 29.5 Å². The number of halogens is 7. The summed E-state index contributed by atoms with van der Waals surface area (Å²) in [5.41, 5.74) is -0.744. The Kier molecular flexibility index (Phi) is 7.61. The van der Waals surface area contributed by atoms with Gasteiger partial charge in [-0.05, 0) is 36.4 Å². The zero-order chi connectivity index (χ0) is 27.7. The molecule has 2 heterocycles. The number of amidine groups is 1. The molecule has 0 spiro atoms. The van der Waals surface area contributed by atoms with Crippen molar-refractivity contribution in [2.45, 2.75) is 31.2 Å². The van der Waals surface area contributed by atoms with Crippen LogP contribution in [0.4, 0.5) is 26.3 Å². The molecule has 200 valence electrons. The van der Waals surface area contributed by atoms with Crippen molar-refractivity contribution in [1.29, 1.82) is 0 Å². The van der Waals surface area contributed by atoms with Crippen molar-refractivity contribution in [3.8, 4) is 11.4 Å². The summed E-state index contributed by atoms with van der Waals surface area (Å²) in [6, 6.07) is 12.0. The van der Waals surface area contributed by atoms with Gasteiger partial charge >= 0.3 is 12.4 Å². The maximum absolute atomic E-state index is 13.5. The molecule has 14 heteroatoms. The first-order valence-electron chi connectivity index (χ1n) is 10.9. The monoisotopic (exact) mass is 557 g/mol. The van der Waals surface area contributed by atoms with E-state index in [4.69, 9.17) is 11.6 Å². The van der Waals surface area contributed by atoms with E-state index in [2.05, 4.69) is 15.1 Å². The molecule has 0 saturated heterocycles. The number of alkyl halides is 6. The van der Waals surface area contributed by atoms with Crippen LogP contribution in [0.5, 0.6) is 0 Å². The molecule has 3 aromatic rings. The summed E-state index contributed by atoms with van der Waals surface area (Å²) in [6.45, 7) is -1.26. The molecule has 1 aromatic heterocycles. The van der Waals surface area contributed by atoms with Crippen LogP contribution in [0.2, 0.25) is 5.02 Å². The minimum Gasteiger partial charge on any atom is -0.382 e. The first-order valence-corrected chi connectivity index (χ1v) is 11.3. The lowest BCUT2D eigenvalue weighted by atomic mass is 10.1. The number of aliphatic hydroxyl groups excluding tert-OH is 1. The summed E-state index contributed by atoms with van der Waals surface area (Å²) in [4.78, 5) is 21.1. The van der Waals surface area contributed by atoms with Crippen LogP contribution in [-0.2, 0) is 17.5 Å². The molecule has 0 fully saturated rings. The van der Waals surface area contributed by atoms with Gasteiger partial charge in [0.05, 0.1) is 24.3 Å². The second kappa shape index (κ2) is 10.6. The molecule has 0 amide bonds. The third kappa shape index (κ3) is 5.89. The SMILES string of the molecule is O=CC1N(Cc2ccnc(-c3ccccc3C(F)(F)F)n2)N=C(c2ccc(Cl)cc2)N1C[C@H](O)C(F)(F)F. The van der Waals surface area contributed by atoms with Gasteiger partial charge < -0.3 is 10.0 Å². The maximum Gasteiger partial charge on any atom is 0.417 e. The highest BCUT2D eigenvalue weighted by atomic mass is 35.5. The van der Waals surface area contributed by atoms with E-state index in [9.17, 15) is 36.2 Å². The number of hydrogen-bond acceptors (Lipinski definition) is 7. The molecule has 1 aliphatic heterocycles. The molecule has 1 aliphatic rings. The number of nitrogens with zero attached hydrogens (tertiary/aromatic N) is 5. The van der Waals surface area contributed by atoms with Gasteiger partial charge in [-0.3, -0.25) is 9.80 Å². The lowest BCUT2D eigenvalue weighted by Gasteiger charge is -2.30. The van der Waals surface area contributed by atoms with Gasteiger partial charge in [0.1, 0.15) is 0 Å². The van der Waals surface area contributed by atoms with Crippen molar-refractivity contribution in [2.24, 2.45) is 5.10 Å². The van der Waals surface area contributed by atoms with E-state index >= 15 is 0 Å². The van der Waals surface area contributed by atoms with Crippen molar-refractivity contribution in [3.05, 3.63) is 82.6 Å². The van der Waals surface area contributed by atoms with Crippen molar-refractivity contribution < 1.29 is 36.2 Å². The maximum atomic E-state index is 13.5. The fraction of sp³-hybridized carbons (Fsp3) is 0.250. The lowest BCUT2D eigenvalue weighted by Crippen LogP contribution is -2.49. The average Bonchev–Trinajstić information content (AvgIpc) is 3.20. The van der Waals surface area contributed by atoms with Crippen LogP contribution in [0, 0.1) is 0 Å². The van der Waals surface area contributed by atoms with Crippen molar-refractivity contribution in [3.63, 3.8) is 0 Å². The van der Waals surface area contributed by atoms with E-state index in [1.165, 1.54) is 54.7 Å². The Morgan fingerprint density at radius 2 is 1.71 bits per heavy atom. The third-order valence-corrected chi connectivity index (χ3v) is 5.85. The fourth-order valence-electron chi connectivity index (χ4n) is 3.81. The van der Waals surface area contributed by atoms with Crippen LogP contribution < -0.4 is 0 Å². The smallest absolute Gasteiger partial charge is 0.382 e. The predicted molar refractivity (Wildman–Crippen MR) is 125 cm³/mol. The summed E-state index contributed by atoms with van der Waals surface area (Å²) in [5, 5.41) is 15.5. The number of hydrazone groups is 1. The number of aliphatic hydroxyl groups is 1. The lowest BCUT2D eigenvalue weighted by molar-refractivity contribution is -0.207. The first kappa shape index (κ1) is 27.3. The van der Waals surface area contributed by atoms with Gasteiger partial charge in [-0.15, -0.1) is 0 Å².